The Morgan fingerprint density at radius 1 is 1.09 bits per heavy atom. The summed E-state index contributed by atoms with van der Waals surface area (Å²) in [7, 11) is 0. The smallest absolute Gasteiger partial charge is 0.256 e. The molecule has 1 saturated heterocycles. The quantitative estimate of drug-likeness (QED) is 0.474. The minimum absolute atomic E-state index is 0.0376. The van der Waals surface area contributed by atoms with Gasteiger partial charge in [0, 0.05) is 24.5 Å². The Morgan fingerprint density at radius 3 is 2.79 bits per heavy atom. The van der Waals surface area contributed by atoms with Gasteiger partial charge in [-0.3, -0.25) is 14.8 Å². The first kappa shape index (κ1) is 21.0. The minimum atomic E-state index is -0.0812. The second kappa shape index (κ2) is 9.30. The number of hydrogen-bond acceptors (Lipinski definition) is 6. The predicted octanol–water partition coefficient (Wildman–Crippen LogP) is 3.12. The van der Waals surface area contributed by atoms with Crippen LogP contribution >= 0.6 is 0 Å². The van der Waals surface area contributed by atoms with E-state index in [1.54, 1.807) is 31.0 Å². The van der Waals surface area contributed by atoms with Gasteiger partial charge in [0.05, 0.1) is 54.8 Å². The third-order valence-corrected chi connectivity index (χ3v) is 5.76. The van der Waals surface area contributed by atoms with Crippen molar-refractivity contribution in [1.82, 2.24) is 29.9 Å². The first-order valence-corrected chi connectivity index (χ1v) is 10.9. The summed E-state index contributed by atoms with van der Waals surface area (Å²) in [5.41, 5.74) is 5.21. The van der Waals surface area contributed by atoms with Gasteiger partial charge in [0.25, 0.3) is 5.91 Å². The van der Waals surface area contributed by atoms with Crippen LogP contribution < -0.4 is 0 Å². The van der Waals surface area contributed by atoms with Gasteiger partial charge in [-0.25, -0.2) is 0 Å². The number of aryl methyl sites for hydroxylation is 1. The second-order valence-corrected chi connectivity index (χ2v) is 8.06. The average molecular weight is 441 g/mol. The zero-order valence-corrected chi connectivity index (χ0v) is 18.3. The summed E-state index contributed by atoms with van der Waals surface area (Å²) in [6.45, 7) is 3.52. The monoisotopic (exact) mass is 440 g/mol. The molecule has 1 fully saturated rings. The van der Waals surface area contributed by atoms with Gasteiger partial charge in [0.2, 0.25) is 0 Å². The maximum absolute atomic E-state index is 13.7. The molecule has 0 spiro atoms. The molecule has 4 aromatic rings. The zero-order valence-electron chi connectivity index (χ0n) is 18.3. The van der Waals surface area contributed by atoms with Crippen LogP contribution in [0.4, 0.5) is 0 Å². The Morgan fingerprint density at radius 2 is 1.97 bits per heavy atom. The van der Waals surface area contributed by atoms with Crippen molar-refractivity contribution in [1.29, 1.82) is 0 Å². The van der Waals surface area contributed by atoms with Crippen molar-refractivity contribution in [2.24, 2.45) is 0 Å². The number of aromatic nitrogens is 5. The van der Waals surface area contributed by atoms with Crippen molar-refractivity contribution in [3.05, 3.63) is 90.1 Å². The van der Waals surface area contributed by atoms with Gasteiger partial charge in [-0.05, 0) is 37.1 Å². The SMILES string of the molecule is Cc1ccc(-n2nccn2)c(C(=O)N2CCOC[C@H]2Cc2cccc(-c3cnccn3)c2)c1. The van der Waals surface area contributed by atoms with Crippen molar-refractivity contribution in [2.75, 3.05) is 19.8 Å². The van der Waals surface area contributed by atoms with Crippen LogP contribution in [0.15, 0.2) is 73.4 Å². The zero-order chi connectivity index (χ0) is 22.6. The van der Waals surface area contributed by atoms with Gasteiger partial charge in [-0.1, -0.05) is 29.8 Å². The van der Waals surface area contributed by atoms with Gasteiger partial charge in [-0.2, -0.15) is 15.0 Å². The molecule has 3 heterocycles. The minimum Gasteiger partial charge on any atom is -0.377 e. The molecule has 0 saturated carbocycles. The lowest BCUT2D eigenvalue weighted by Gasteiger charge is -2.36. The predicted molar refractivity (Wildman–Crippen MR) is 123 cm³/mol. The number of carbonyl (C=O) groups excluding carboxylic acids is 1. The highest BCUT2D eigenvalue weighted by Crippen LogP contribution is 2.23. The molecule has 2 aromatic heterocycles. The molecule has 0 radical (unpaired) electrons. The molecule has 0 unspecified atom stereocenters. The molecule has 1 aliphatic rings. The van der Waals surface area contributed by atoms with E-state index in [2.05, 4.69) is 32.3 Å². The topological polar surface area (TPSA) is 86.0 Å². The van der Waals surface area contributed by atoms with E-state index < -0.39 is 0 Å². The summed E-state index contributed by atoms with van der Waals surface area (Å²) >= 11 is 0. The van der Waals surface area contributed by atoms with E-state index >= 15 is 0 Å². The number of benzene rings is 2. The van der Waals surface area contributed by atoms with Crippen LogP contribution in [-0.2, 0) is 11.2 Å². The third kappa shape index (κ3) is 4.51. The number of ether oxygens (including phenoxy) is 1. The van der Waals surface area contributed by atoms with Gasteiger partial charge >= 0.3 is 0 Å². The molecular weight excluding hydrogens is 416 g/mol. The lowest BCUT2D eigenvalue weighted by Crippen LogP contribution is -2.50. The van der Waals surface area contributed by atoms with E-state index in [-0.39, 0.29) is 11.9 Å². The largest absolute Gasteiger partial charge is 0.377 e. The van der Waals surface area contributed by atoms with Crippen LogP contribution in [0.5, 0.6) is 0 Å². The van der Waals surface area contributed by atoms with Gasteiger partial charge < -0.3 is 9.64 Å². The maximum Gasteiger partial charge on any atom is 0.256 e. The fourth-order valence-corrected chi connectivity index (χ4v) is 4.16. The van der Waals surface area contributed by atoms with Crippen LogP contribution in [0.1, 0.15) is 21.5 Å². The summed E-state index contributed by atoms with van der Waals surface area (Å²) < 4.78 is 5.77. The first-order chi connectivity index (χ1) is 16.2. The molecule has 8 nitrogen and oxygen atoms in total. The molecule has 8 heteroatoms. The molecule has 0 bridgehead atoms. The number of morpholine rings is 1. The summed E-state index contributed by atoms with van der Waals surface area (Å²) in [4.78, 5) is 25.7. The average Bonchev–Trinajstić information content (AvgIpc) is 3.39. The van der Waals surface area contributed by atoms with Crippen LogP contribution in [-0.4, -0.2) is 61.6 Å². The van der Waals surface area contributed by atoms with Crippen LogP contribution in [0.2, 0.25) is 0 Å². The Labute approximate surface area is 191 Å². The van der Waals surface area contributed by atoms with Crippen LogP contribution in [0, 0.1) is 6.92 Å². The summed E-state index contributed by atoms with van der Waals surface area (Å²) in [6, 6.07) is 13.9. The van der Waals surface area contributed by atoms with Gasteiger partial charge in [-0.15, -0.1) is 0 Å². The van der Waals surface area contributed by atoms with Gasteiger partial charge in [0.15, 0.2) is 0 Å². The molecular formula is C25H24N6O2. The Hall–Kier alpha value is -3.91. The Balaban J connectivity index is 1.43. The fourth-order valence-electron chi connectivity index (χ4n) is 4.16. The fraction of sp³-hybridized carbons (Fsp3) is 0.240. The molecule has 1 amide bonds. The van der Waals surface area contributed by atoms with Gasteiger partial charge in [0.1, 0.15) is 0 Å². The normalized spacial score (nSPS) is 16.0. The van der Waals surface area contributed by atoms with E-state index in [4.69, 9.17) is 4.74 Å². The highest BCUT2D eigenvalue weighted by atomic mass is 16.5. The number of rotatable bonds is 5. The third-order valence-electron chi connectivity index (χ3n) is 5.76. The standard InChI is InChI=1S/C25H24N6O2/c1-18-5-6-24(31-28-9-10-29-31)22(13-18)25(32)30-11-12-33-17-21(30)15-19-3-2-4-20(14-19)23-16-26-7-8-27-23/h2-10,13-14,16,21H,11-12,15,17H2,1H3/t21-/m1/s1. The van der Waals surface area contributed by atoms with Crippen LogP contribution in [0.25, 0.3) is 16.9 Å². The summed E-state index contributed by atoms with van der Waals surface area (Å²) in [5, 5.41) is 8.46. The first-order valence-electron chi connectivity index (χ1n) is 10.9. The molecule has 1 aliphatic heterocycles. The van der Waals surface area contributed by atoms with Crippen LogP contribution in [0.3, 0.4) is 0 Å². The Kier molecular flexibility index (Phi) is 5.91. The number of carbonyl (C=O) groups is 1. The molecule has 2 aromatic carbocycles. The molecule has 5 rings (SSSR count). The highest BCUT2D eigenvalue weighted by Gasteiger charge is 2.30. The summed E-state index contributed by atoms with van der Waals surface area (Å²) in [6.07, 6.45) is 8.99. The van der Waals surface area contributed by atoms with Crippen molar-refractivity contribution in [2.45, 2.75) is 19.4 Å². The lowest BCUT2D eigenvalue weighted by molar-refractivity contribution is -0.00165. The van der Waals surface area contributed by atoms with Crippen molar-refractivity contribution >= 4 is 5.91 Å². The highest BCUT2D eigenvalue weighted by molar-refractivity contribution is 5.98. The molecule has 33 heavy (non-hydrogen) atoms. The number of amides is 1. The lowest BCUT2D eigenvalue weighted by atomic mass is 9.99. The molecule has 0 N–H and O–H groups in total. The molecule has 1 atom stereocenters. The Bertz CT molecular complexity index is 1240. The second-order valence-electron chi connectivity index (χ2n) is 8.06. The van der Waals surface area contributed by atoms with Crippen molar-refractivity contribution in [3.8, 4) is 16.9 Å². The molecule has 166 valence electrons. The van der Waals surface area contributed by atoms with E-state index in [0.29, 0.717) is 37.4 Å². The van der Waals surface area contributed by atoms with Crippen molar-refractivity contribution in [3.63, 3.8) is 0 Å². The van der Waals surface area contributed by atoms with E-state index in [9.17, 15) is 4.79 Å². The van der Waals surface area contributed by atoms with E-state index in [1.165, 1.54) is 4.80 Å². The molecule has 0 aliphatic carbocycles. The van der Waals surface area contributed by atoms with Crippen molar-refractivity contribution < 1.29 is 9.53 Å². The summed E-state index contributed by atoms with van der Waals surface area (Å²) in [5.74, 6) is -0.0376. The number of hydrogen-bond donors (Lipinski definition) is 0. The van der Waals surface area contributed by atoms with E-state index in [1.807, 2.05) is 42.2 Å². The maximum atomic E-state index is 13.7. The van der Waals surface area contributed by atoms with E-state index in [0.717, 1.165) is 22.4 Å². The number of nitrogens with zero attached hydrogens (tertiary/aromatic N) is 6.